The minimum Gasteiger partial charge on any atom is -0.484 e. The average Bonchev–Trinajstić information content (AvgIpc) is 2.74. The Labute approximate surface area is 176 Å². The summed E-state index contributed by atoms with van der Waals surface area (Å²) < 4.78 is 5.36. The molecule has 0 heterocycles. The number of hydrogen-bond acceptors (Lipinski definition) is 4. The highest BCUT2D eigenvalue weighted by molar-refractivity contribution is 5.91. The molecule has 2 rings (SSSR count). The highest BCUT2D eigenvalue weighted by atomic mass is 16.5. The van der Waals surface area contributed by atoms with Crippen LogP contribution in [0.3, 0.4) is 0 Å². The van der Waals surface area contributed by atoms with Gasteiger partial charge in [0.05, 0.1) is 0 Å². The first-order chi connectivity index (χ1) is 14.5. The smallest absolute Gasteiger partial charge is 0.317 e. The summed E-state index contributed by atoms with van der Waals surface area (Å²) >= 11 is 0. The summed E-state index contributed by atoms with van der Waals surface area (Å²) in [6.45, 7) is 3.06. The predicted molar refractivity (Wildman–Crippen MR) is 115 cm³/mol. The maximum Gasteiger partial charge on any atom is 0.317 e. The van der Waals surface area contributed by atoms with Crippen molar-refractivity contribution in [1.82, 2.24) is 15.5 Å². The van der Waals surface area contributed by atoms with Crippen LogP contribution in [0.25, 0.3) is 0 Å². The molecule has 8 nitrogen and oxygen atoms in total. The van der Waals surface area contributed by atoms with Crippen molar-refractivity contribution in [3.8, 4) is 5.75 Å². The van der Waals surface area contributed by atoms with Gasteiger partial charge in [-0.25, -0.2) is 4.79 Å². The molecule has 0 aliphatic carbocycles. The zero-order valence-electron chi connectivity index (χ0n) is 17.3. The molecule has 0 spiro atoms. The van der Waals surface area contributed by atoms with E-state index in [0.29, 0.717) is 24.5 Å². The Kier molecular flexibility index (Phi) is 9.18. The maximum atomic E-state index is 12.1. The second-order valence-electron chi connectivity index (χ2n) is 6.64. The van der Waals surface area contributed by atoms with Crippen LogP contribution in [0.15, 0.2) is 54.6 Å². The molecule has 160 valence electrons. The molecule has 0 aliphatic heterocycles. The number of anilines is 1. The Bertz CT molecular complexity index is 825. The van der Waals surface area contributed by atoms with Crippen molar-refractivity contribution >= 4 is 23.5 Å². The van der Waals surface area contributed by atoms with Crippen LogP contribution in [-0.4, -0.2) is 49.5 Å². The van der Waals surface area contributed by atoms with Crippen LogP contribution in [-0.2, 0) is 16.1 Å². The highest BCUT2D eigenvalue weighted by Gasteiger charge is 2.10. The monoisotopic (exact) mass is 412 g/mol. The van der Waals surface area contributed by atoms with E-state index in [4.69, 9.17) is 4.74 Å². The molecule has 2 aromatic rings. The molecule has 2 aromatic carbocycles. The Morgan fingerprint density at radius 3 is 2.30 bits per heavy atom. The Balaban J connectivity index is 1.67. The number of nitrogens with zero attached hydrogens (tertiary/aromatic N) is 1. The van der Waals surface area contributed by atoms with Crippen LogP contribution < -0.4 is 20.7 Å². The minimum absolute atomic E-state index is 0.0576. The predicted octanol–water partition coefficient (Wildman–Crippen LogP) is 2.37. The Morgan fingerprint density at radius 2 is 1.63 bits per heavy atom. The van der Waals surface area contributed by atoms with Gasteiger partial charge >= 0.3 is 6.03 Å². The molecule has 3 N–H and O–H groups in total. The molecular weight excluding hydrogens is 384 g/mol. The first-order valence-electron chi connectivity index (χ1n) is 9.80. The lowest BCUT2D eigenvalue weighted by molar-refractivity contribution is -0.123. The number of ether oxygens (including phenoxy) is 1. The first kappa shape index (κ1) is 22.7. The molecule has 0 saturated heterocycles. The summed E-state index contributed by atoms with van der Waals surface area (Å²) in [5, 5.41) is 8.14. The highest BCUT2D eigenvalue weighted by Crippen LogP contribution is 2.15. The number of urea groups is 1. The molecule has 0 radical (unpaired) electrons. The third-order valence-electron chi connectivity index (χ3n) is 4.12. The number of carbonyl (C=O) groups excluding carboxylic acids is 3. The fourth-order valence-corrected chi connectivity index (χ4v) is 2.60. The topological polar surface area (TPSA) is 99.8 Å². The summed E-state index contributed by atoms with van der Waals surface area (Å²) in [6.07, 6.45) is 0.153. The molecular formula is C22H28N4O4. The number of amides is 4. The van der Waals surface area contributed by atoms with Crippen molar-refractivity contribution in [3.63, 3.8) is 0 Å². The molecule has 0 unspecified atom stereocenters. The standard InChI is InChI=1S/C22H28N4O4/c1-3-23-21(28)16-30-19-11-9-18(10-12-19)25-20(27)13-14-24-22(29)26(2)15-17-7-5-4-6-8-17/h4-12H,3,13-16H2,1-2H3,(H,23,28)(H,24,29)(H,25,27). The molecule has 30 heavy (non-hydrogen) atoms. The third kappa shape index (κ3) is 8.22. The normalized spacial score (nSPS) is 10.1. The molecule has 0 bridgehead atoms. The SMILES string of the molecule is CCNC(=O)COc1ccc(NC(=O)CCNC(=O)N(C)Cc2ccccc2)cc1. The van der Waals surface area contributed by atoms with Crippen LogP contribution in [0.4, 0.5) is 10.5 Å². The summed E-state index contributed by atoms with van der Waals surface area (Å²) in [7, 11) is 1.71. The summed E-state index contributed by atoms with van der Waals surface area (Å²) in [5.74, 6) is 0.135. The van der Waals surface area contributed by atoms with E-state index in [2.05, 4.69) is 16.0 Å². The van der Waals surface area contributed by atoms with Crippen LogP contribution in [0.5, 0.6) is 5.75 Å². The van der Waals surface area contributed by atoms with Gasteiger partial charge in [-0.1, -0.05) is 30.3 Å². The number of nitrogens with one attached hydrogen (secondary N) is 3. The quantitative estimate of drug-likeness (QED) is 0.558. The van der Waals surface area contributed by atoms with Gasteiger partial charge in [0.2, 0.25) is 5.91 Å². The van der Waals surface area contributed by atoms with E-state index >= 15 is 0 Å². The van der Waals surface area contributed by atoms with Gasteiger partial charge in [0.1, 0.15) is 5.75 Å². The molecule has 0 aromatic heterocycles. The number of hydrogen-bond donors (Lipinski definition) is 3. The molecule has 0 saturated carbocycles. The Hall–Kier alpha value is -3.55. The van der Waals surface area contributed by atoms with Gasteiger partial charge < -0.3 is 25.6 Å². The third-order valence-corrected chi connectivity index (χ3v) is 4.12. The maximum absolute atomic E-state index is 12.1. The van der Waals surface area contributed by atoms with E-state index < -0.39 is 0 Å². The van der Waals surface area contributed by atoms with Crippen LogP contribution >= 0.6 is 0 Å². The van der Waals surface area contributed by atoms with Crippen molar-refractivity contribution < 1.29 is 19.1 Å². The summed E-state index contributed by atoms with van der Waals surface area (Å²) in [6, 6.07) is 16.2. The molecule has 4 amide bonds. The molecule has 0 fully saturated rings. The van der Waals surface area contributed by atoms with E-state index in [0.717, 1.165) is 5.56 Å². The lowest BCUT2D eigenvalue weighted by Crippen LogP contribution is -2.38. The number of likely N-dealkylation sites (N-methyl/N-ethyl adjacent to an activating group) is 1. The number of carbonyl (C=O) groups is 3. The van der Waals surface area contributed by atoms with E-state index in [1.165, 1.54) is 0 Å². The van der Waals surface area contributed by atoms with E-state index in [1.807, 2.05) is 37.3 Å². The fourth-order valence-electron chi connectivity index (χ4n) is 2.60. The van der Waals surface area contributed by atoms with E-state index in [-0.39, 0.29) is 37.4 Å². The summed E-state index contributed by atoms with van der Waals surface area (Å²) in [5.41, 5.74) is 1.64. The van der Waals surface area contributed by atoms with Gasteiger partial charge in [0, 0.05) is 38.8 Å². The summed E-state index contributed by atoms with van der Waals surface area (Å²) in [4.78, 5) is 37.1. The zero-order chi connectivity index (χ0) is 21.8. The second-order valence-corrected chi connectivity index (χ2v) is 6.64. The van der Waals surface area contributed by atoms with Crippen LogP contribution in [0, 0.1) is 0 Å². The van der Waals surface area contributed by atoms with Gasteiger partial charge in [0.15, 0.2) is 6.61 Å². The van der Waals surface area contributed by atoms with Gasteiger partial charge in [-0.05, 0) is 36.8 Å². The number of benzene rings is 2. The van der Waals surface area contributed by atoms with Crippen LogP contribution in [0.2, 0.25) is 0 Å². The fraction of sp³-hybridized carbons (Fsp3) is 0.318. The van der Waals surface area contributed by atoms with Gasteiger partial charge in [-0.3, -0.25) is 9.59 Å². The lowest BCUT2D eigenvalue weighted by atomic mass is 10.2. The van der Waals surface area contributed by atoms with Crippen LogP contribution in [0.1, 0.15) is 18.9 Å². The first-order valence-corrected chi connectivity index (χ1v) is 9.80. The minimum atomic E-state index is -0.236. The second kappa shape index (κ2) is 12.1. The van der Waals surface area contributed by atoms with Gasteiger partial charge in [-0.15, -0.1) is 0 Å². The average molecular weight is 412 g/mol. The van der Waals surface area contributed by atoms with Crippen molar-refractivity contribution in [2.45, 2.75) is 19.9 Å². The van der Waals surface area contributed by atoms with E-state index in [1.54, 1.807) is 36.2 Å². The van der Waals surface area contributed by atoms with Crippen molar-refractivity contribution in [3.05, 3.63) is 60.2 Å². The van der Waals surface area contributed by atoms with E-state index in [9.17, 15) is 14.4 Å². The lowest BCUT2D eigenvalue weighted by Gasteiger charge is -2.18. The molecule has 0 aliphatic rings. The Morgan fingerprint density at radius 1 is 0.933 bits per heavy atom. The van der Waals surface area contributed by atoms with Gasteiger partial charge in [-0.2, -0.15) is 0 Å². The zero-order valence-corrected chi connectivity index (χ0v) is 17.3. The largest absolute Gasteiger partial charge is 0.484 e. The molecule has 8 heteroatoms. The van der Waals surface area contributed by atoms with Crippen molar-refractivity contribution in [1.29, 1.82) is 0 Å². The number of rotatable bonds is 10. The van der Waals surface area contributed by atoms with Gasteiger partial charge in [0.25, 0.3) is 5.91 Å². The van der Waals surface area contributed by atoms with Crippen molar-refractivity contribution in [2.75, 3.05) is 32.1 Å². The molecule has 0 atom stereocenters. The van der Waals surface area contributed by atoms with Crippen molar-refractivity contribution in [2.24, 2.45) is 0 Å².